The number of carbonyl (C=O) groups is 1. The van der Waals surface area contributed by atoms with E-state index in [1.54, 1.807) is 0 Å². The molecule has 1 aliphatic heterocycles. The number of fused-ring (bicyclic) bond motifs is 1. The lowest BCUT2D eigenvalue weighted by Crippen LogP contribution is -2.43. The van der Waals surface area contributed by atoms with Gasteiger partial charge >= 0.3 is 5.97 Å². The van der Waals surface area contributed by atoms with Crippen LogP contribution in [0.25, 0.3) is 0 Å². The van der Waals surface area contributed by atoms with Gasteiger partial charge < -0.3 is 4.74 Å². The second-order valence-corrected chi connectivity index (χ2v) is 4.55. The maximum atomic E-state index is 11.3. The van der Waals surface area contributed by atoms with Gasteiger partial charge in [-0.2, -0.15) is 0 Å². The highest BCUT2D eigenvalue weighted by Gasteiger charge is 2.44. The molecule has 1 saturated heterocycles. The van der Waals surface area contributed by atoms with Gasteiger partial charge in [0.15, 0.2) is 0 Å². The Hall–Kier alpha value is -0.790. The number of rotatable bonds is 0. The fourth-order valence-electron chi connectivity index (χ4n) is 2.63. The Labute approximate surface area is 79.0 Å². The molecule has 2 atom stereocenters. The topological polar surface area (TPSA) is 26.3 Å². The van der Waals surface area contributed by atoms with Crippen molar-refractivity contribution >= 4 is 5.97 Å². The molecule has 0 aromatic rings. The summed E-state index contributed by atoms with van der Waals surface area (Å²) in [4.78, 5) is 11.3. The molecule has 2 nitrogen and oxygen atoms in total. The highest BCUT2D eigenvalue weighted by Crippen LogP contribution is 2.47. The molecule has 1 saturated carbocycles. The summed E-state index contributed by atoms with van der Waals surface area (Å²) in [7, 11) is 0. The van der Waals surface area contributed by atoms with Crippen molar-refractivity contribution in [3.63, 3.8) is 0 Å². The van der Waals surface area contributed by atoms with Crippen LogP contribution >= 0.6 is 0 Å². The lowest BCUT2D eigenvalue weighted by molar-refractivity contribution is -0.152. The summed E-state index contributed by atoms with van der Waals surface area (Å²) in [6.45, 7) is 6.66. The number of hydrogen-bond acceptors (Lipinski definition) is 2. The summed E-state index contributed by atoms with van der Waals surface area (Å²) < 4.78 is 5.12. The summed E-state index contributed by atoms with van der Waals surface area (Å²) in [5.41, 5.74) is 0.886. The molecule has 13 heavy (non-hydrogen) atoms. The molecular formula is C11H16O2. The summed E-state index contributed by atoms with van der Waals surface area (Å²) >= 11 is 0. The normalized spacial score (nSPS) is 39.6. The molecule has 0 N–H and O–H groups in total. The number of carbonyl (C=O) groups excluding carboxylic acids is 1. The van der Waals surface area contributed by atoms with Gasteiger partial charge in [0.1, 0.15) is 0 Å². The van der Waals surface area contributed by atoms with Gasteiger partial charge in [-0.25, -0.2) is 4.79 Å². The SMILES string of the molecule is C=C1C(=O)OCC2(C)CCCCC12. The maximum Gasteiger partial charge on any atom is 0.333 e. The van der Waals surface area contributed by atoms with Crippen LogP contribution < -0.4 is 0 Å². The molecule has 0 amide bonds. The molecule has 0 spiro atoms. The molecular weight excluding hydrogens is 164 g/mol. The molecule has 0 aromatic carbocycles. The van der Waals surface area contributed by atoms with Crippen LogP contribution in [0.3, 0.4) is 0 Å². The van der Waals surface area contributed by atoms with Gasteiger partial charge in [-0.15, -0.1) is 0 Å². The van der Waals surface area contributed by atoms with Gasteiger partial charge in [-0.05, 0) is 18.8 Å². The standard InChI is InChI=1S/C11H16O2/c1-8-9-5-3-4-6-11(9,2)7-13-10(8)12/h9H,1,3-7H2,2H3. The highest BCUT2D eigenvalue weighted by atomic mass is 16.5. The van der Waals surface area contributed by atoms with Crippen LogP contribution in [0, 0.1) is 11.3 Å². The predicted octanol–water partition coefficient (Wildman–Crippen LogP) is 2.30. The van der Waals surface area contributed by atoms with E-state index < -0.39 is 0 Å². The summed E-state index contributed by atoms with van der Waals surface area (Å²) in [6, 6.07) is 0. The molecule has 1 aliphatic carbocycles. The first kappa shape index (κ1) is 8.79. The first-order valence-corrected chi connectivity index (χ1v) is 4.99. The number of cyclic esters (lactones) is 1. The van der Waals surface area contributed by atoms with Crippen LogP contribution in [-0.4, -0.2) is 12.6 Å². The minimum atomic E-state index is -0.177. The van der Waals surface area contributed by atoms with E-state index in [1.165, 1.54) is 19.3 Å². The highest BCUT2D eigenvalue weighted by molar-refractivity contribution is 5.89. The van der Waals surface area contributed by atoms with Gasteiger partial charge in [0.2, 0.25) is 0 Å². The smallest absolute Gasteiger partial charge is 0.333 e. The molecule has 0 radical (unpaired) electrons. The zero-order valence-corrected chi connectivity index (χ0v) is 8.14. The number of hydrogen-bond donors (Lipinski definition) is 0. The molecule has 0 aromatic heterocycles. The zero-order chi connectivity index (χ0) is 9.47. The van der Waals surface area contributed by atoms with Crippen molar-refractivity contribution in [1.82, 2.24) is 0 Å². The van der Waals surface area contributed by atoms with E-state index in [0.29, 0.717) is 18.1 Å². The van der Waals surface area contributed by atoms with Gasteiger partial charge in [-0.1, -0.05) is 26.3 Å². The zero-order valence-electron chi connectivity index (χ0n) is 8.14. The average molecular weight is 180 g/mol. The summed E-state index contributed by atoms with van der Waals surface area (Å²) in [5, 5.41) is 0. The van der Waals surface area contributed by atoms with Gasteiger partial charge in [0.05, 0.1) is 6.61 Å². The van der Waals surface area contributed by atoms with Crippen LogP contribution in [0.4, 0.5) is 0 Å². The maximum absolute atomic E-state index is 11.3. The fourth-order valence-corrected chi connectivity index (χ4v) is 2.63. The lowest BCUT2D eigenvalue weighted by atomic mass is 9.64. The summed E-state index contributed by atoms with van der Waals surface area (Å²) in [6.07, 6.45) is 4.78. The predicted molar refractivity (Wildman–Crippen MR) is 50.2 cm³/mol. The molecule has 1 heterocycles. The van der Waals surface area contributed by atoms with Crippen molar-refractivity contribution in [1.29, 1.82) is 0 Å². The van der Waals surface area contributed by atoms with Crippen LogP contribution in [0.1, 0.15) is 32.6 Å². The van der Waals surface area contributed by atoms with Crippen molar-refractivity contribution in [2.45, 2.75) is 32.6 Å². The largest absolute Gasteiger partial charge is 0.462 e. The summed E-state index contributed by atoms with van der Waals surface area (Å²) in [5.74, 6) is 0.201. The van der Waals surface area contributed by atoms with Crippen molar-refractivity contribution < 1.29 is 9.53 Å². The third-order valence-corrected chi connectivity index (χ3v) is 3.55. The average Bonchev–Trinajstić information content (AvgIpc) is 2.12. The second-order valence-electron chi connectivity index (χ2n) is 4.55. The van der Waals surface area contributed by atoms with E-state index in [9.17, 15) is 4.79 Å². The molecule has 72 valence electrons. The van der Waals surface area contributed by atoms with Gasteiger partial charge in [0, 0.05) is 11.0 Å². The van der Waals surface area contributed by atoms with Crippen molar-refractivity contribution in [2.24, 2.45) is 11.3 Å². The lowest BCUT2D eigenvalue weighted by Gasteiger charge is -2.44. The van der Waals surface area contributed by atoms with Gasteiger partial charge in [-0.3, -0.25) is 0 Å². The molecule has 0 bridgehead atoms. The number of ether oxygens (including phenoxy) is 1. The molecule has 2 fully saturated rings. The molecule has 2 heteroatoms. The first-order chi connectivity index (χ1) is 6.13. The van der Waals surface area contributed by atoms with E-state index in [-0.39, 0.29) is 11.4 Å². The third-order valence-electron chi connectivity index (χ3n) is 3.55. The van der Waals surface area contributed by atoms with E-state index >= 15 is 0 Å². The van der Waals surface area contributed by atoms with E-state index in [2.05, 4.69) is 13.5 Å². The first-order valence-electron chi connectivity index (χ1n) is 4.99. The van der Waals surface area contributed by atoms with E-state index in [0.717, 1.165) is 6.42 Å². The molecule has 2 aliphatic rings. The minimum absolute atomic E-state index is 0.177. The Morgan fingerprint density at radius 3 is 3.08 bits per heavy atom. The fraction of sp³-hybridized carbons (Fsp3) is 0.727. The molecule has 2 unspecified atom stereocenters. The quantitative estimate of drug-likeness (QED) is 0.422. The van der Waals surface area contributed by atoms with Crippen LogP contribution in [-0.2, 0) is 9.53 Å². The Morgan fingerprint density at radius 1 is 1.54 bits per heavy atom. The van der Waals surface area contributed by atoms with Crippen molar-refractivity contribution in [3.05, 3.63) is 12.2 Å². The van der Waals surface area contributed by atoms with Crippen LogP contribution in [0.15, 0.2) is 12.2 Å². The Morgan fingerprint density at radius 2 is 2.31 bits per heavy atom. The van der Waals surface area contributed by atoms with E-state index in [4.69, 9.17) is 4.74 Å². The second kappa shape index (κ2) is 2.86. The Kier molecular flexibility index (Phi) is 1.94. The Bertz CT molecular complexity index is 257. The van der Waals surface area contributed by atoms with Gasteiger partial charge in [0.25, 0.3) is 0 Å². The molecule has 2 rings (SSSR count). The van der Waals surface area contributed by atoms with E-state index in [1.807, 2.05) is 0 Å². The Balaban J connectivity index is 2.24. The van der Waals surface area contributed by atoms with Crippen molar-refractivity contribution in [2.75, 3.05) is 6.61 Å². The third kappa shape index (κ3) is 1.28. The van der Waals surface area contributed by atoms with Crippen LogP contribution in [0.5, 0.6) is 0 Å². The van der Waals surface area contributed by atoms with Crippen molar-refractivity contribution in [3.8, 4) is 0 Å². The number of esters is 1. The monoisotopic (exact) mass is 180 g/mol. The minimum Gasteiger partial charge on any atom is -0.462 e. The van der Waals surface area contributed by atoms with Crippen LogP contribution in [0.2, 0.25) is 0 Å².